The number of carbonyl (C=O) groups excluding carboxylic acids is 1. The van der Waals surface area contributed by atoms with Gasteiger partial charge in [-0.15, -0.1) is 0 Å². The Bertz CT molecular complexity index is 500. The predicted octanol–water partition coefficient (Wildman–Crippen LogP) is 2.89. The molecule has 1 N–H and O–H groups in total. The van der Waals surface area contributed by atoms with E-state index in [4.69, 9.17) is 23.2 Å². The van der Waals surface area contributed by atoms with Gasteiger partial charge in [0.25, 0.3) is 0 Å². The highest BCUT2D eigenvalue weighted by Gasteiger charge is 2.31. The maximum Gasteiger partial charge on any atom is 0.227 e. The summed E-state index contributed by atoms with van der Waals surface area (Å²) in [6.07, 6.45) is 3.73. The molecule has 2 bridgehead atoms. The number of carbonyl (C=O) groups is 1. The summed E-state index contributed by atoms with van der Waals surface area (Å²) in [6, 6.07) is 6.40. The maximum absolute atomic E-state index is 12.5. The molecule has 2 saturated heterocycles. The van der Waals surface area contributed by atoms with Gasteiger partial charge in [-0.3, -0.25) is 4.79 Å². The van der Waals surface area contributed by atoms with Crippen LogP contribution >= 0.6 is 23.2 Å². The van der Waals surface area contributed by atoms with Crippen molar-refractivity contribution < 1.29 is 4.79 Å². The summed E-state index contributed by atoms with van der Waals surface area (Å²) in [7, 11) is 0. The Balaban J connectivity index is 1.70. The van der Waals surface area contributed by atoms with Gasteiger partial charge in [0.2, 0.25) is 5.91 Å². The molecule has 2 unspecified atom stereocenters. The highest BCUT2D eigenvalue weighted by atomic mass is 35.5. The quantitative estimate of drug-likeness (QED) is 0.910. The number of likely N-dealkylation sites (tertiary alicyclic amines) is 1. The minimum Gasteiger partial charge on any atom is -0.341 e. The first kappa shape index (κ1) is 14.2. The van der Waals surface area contributed by atoms with E-state index in [0.29, 0.717) is 22.1 Å². The number of halogens is 2. The fourth-order valence-electron chi connectivity index (χ4n) is 3.13. The summed E-state index contributed by atoms with van der Waals surface area (Å²) in [4.78, 5) is 14.4. The Kier molecular flexibility index (Phi) is 4.20. The van der Waals surface area contributed by atoms with Gasteiger partial charge in [-0.1, -0.05) is 29.3 Å². The van der Waals surface area contributed by atoms with Crippen molar-refractivity contribution >= 4 is 29.1 Å². The van der Waals surface area contributed by atoms with E-state index >= 15 is 0 Å². The second-order valence-corrected chi connectivity index (χ2v) is 6.46. The lowest BCUT2D eigenvalue weighted by molar-refractivity contribution is -0.130. The summed E-state index contributed by atoms with van der Waals surface area (Å²) in [5, 5.41) is 4.72. The van der Waals surface area contributed by atoms with Gasteiger partial charge < -0.3 is 10.2 Å². The molecule has 1 amide bonds. The van der Waals surface area contributed by atoms with E-state index in [2.05, 4.69) is 5.32 Å². The number of hydrogen-bond acceptors (Lipinski definition) is 2. The molecular formula is C15H18Cl2N2O. The molecule has 0 radical (unpaired) electrons. The van der Waals surface area contributed by atoms with Crippen LogP contribution in [-0.4, -0.2) is 36.0 Å². The van der Waals surface area contributed by atoms with Crippen molar-refractivity contribution in [1.82, 2.24) is 10.2 Å². The third-order valence-corrected chi connectivity index (χ3v) is 4.97. The topological polar surface area (TPSA) is 32.3 Å². The summed E-state index contributed by atoms with van der Waals surface area (Å²) in [5.41, 5.74) is 0.739. The number of rotatable bonds is 2. The van der Waals surface area contributed by atoms with Gasteiger partial charge in [0.15, 0.2) is 0 Å². The Labute approximate surface area is 129 Å². The molecule has 5 heteroatoms. The highest BCUT2D eigenvalue weighted by molar-refractivity contribution is 6.36. The Hall–Kier alpha value is -0.770. The predicted molar refractivity (Wildman–Crippen MR) is 81.3 cm³/mol. The van der Waals surface area contributed by atoms with Crippen molar-refractivity contribution in [3.63, 3.8) is 0 Å². The van der Waals surface area contributed by atoms with Crippen molar-refractivity contribution in [1.29, 1.82) is 0 Å². The van der Waals surface area contributed by atoms with Crippen molar-refractivity contribution in [2.24, 2.45) is 0 Å². The van der Waals surface area contributed by atoms with E-state index in [0.717, 1.165) is 25.1 Å². The standard InChI is InChI=1S/C15H18Cl2N2O/c16-13-2-1-3-14(17)12(13)8-15(20)19-7-6-10-4-5-11(9-19)18-10/h1-3,10-11,18H,4-9H2. The molecule has 3 rings (SSSR count). The zero-order valence-corrected chi connectivity index (χ0v) is 12.8. The fourth-order valence-corrected chi connectivity index (χ4v) is 3.66. The Morgan fingerprint density at radius 3 is 2.65 bits per heavy atom. The number of nitrogens with one attached hydrogen (secondary N) is 1. The third kappa shape index (κ3) is 2.95. The van der Waals surface area contributed by atoms with Gasteiger partial charge in [0.05, 0.1) is 6.42 Å². The molecule has 2 atom stereocenters. The smallest absolute Gasteiger partial charge is 0.227 e. The van der Waals surface area contributed by atoms with Crippen molar-refractivity contribution in [2.45, 2.75) is 37.8 Å². The number of fused-ring (bicyclic) bond motifs is 2. The minimum absolute atomic E-state index is 0.120. The lowest BCUT2D eigenvalue weighted by Crippen LogP contribution is -2.39. The number of benzene rings is 1. The van der Waals surface area contributed by atoms with Gasteiger partial charge in [-0.05, 0) is 37.0 Å². The van der Waals surface area contributed by atoms with E-state index in [1.807, 2.05) is 4.90 Å². The van der Waals surface area contributed by atoms with Crippen molar-refractivity contribution in [3.8, 4) is 0 Å². The van der Waals surface area contributed by atoms with Gasteiger partial charge >= 0.3 is 0 Å². The molecule has 108 valence electrons. The van der Waals surface area contributed by atoms with Crippen molar-refractivity contribution in [3.05, 3.63) is 33.8 Å². The molecule has 0 aromatic heterocycles. The average Bonchev–Trinajstić information content (AvgIpc) is 2.73. The lowest BCUT2D eigenvalue weighted by atomic mass is 10.1. The second kappa shape index (κ2) is 5.92. The molecule has 0 spiro atoms. The van der Waals surface area contributed by atoms with Crippen molar-refractivity contribution in [2.75, 3.05) is 13.1 Å². The van der Waals surface area contributed by atoms with E-state index in [1.54, 1.807) is 18.2 Å². The molecule has 0 saturated carbocycles. The average molecular weight is 313 g/mol. The first-order chi connectivity index (χ1) is 9.63. The molecular weight excluding hydrogens is 295 g/mol. The van der Waals surface area contributed by atoms with Crippen LogP contribution in [0, 0.1) is 0 Å². The molecule has 3 nitrogen and oxygen atoms in total. The summed E-state index contributed by atoms with van der Waals surface area (Å²) in [5.74, 6) is 0.120. The van der Waals surface area contributed by atoms with E-state index in [1.165, 1.54) is 12.8 Å². The van der Waals surface area contributed by atoms with Crippen LogP contribution in [-0.2, 0) is 11.2 Å². The first-order valence-corrected chi connectivity index (χ1v) is 7.86. The molecule has 1 aromatic carbocycles. The Morgan fingerprint density at radius 2 is 1.90 bits per heavy atom. The second-order valence-electron chi connectivity index (χ2n) is 5.64. The van der Waals surface area contributed by atoms with Crippen LogP contribution in [0.4, 0.5) is 0 Å². The third-order valence-electron chi connectivity index (χ3n) is 4.27. The number of hydrogen-bond donors (Lipinski definition) is 1. The van der Waals surface area contributed by atoms with Crippen LogP contribution < -0.4 is 5.32 Å². The van der Waals surface area contributed by atoms with Gasteiger partial charge in [0.1, 0.15) is 0 Å². The first-order valence-electron chi connectivity index (χ1n) is 7.10. The highest BCUT2D eigenvalue weighted by Crippen LogP contribution is 2.26. The summed E-state index contributed by atoms with van der Waals surface area (Å²) >= 11 is 12.3. The number of amides is 1. The van der Waals surface area contributed by atoms with Crippen LogP contribution in [0.2, 0.25) is 10.0 Å². The summed E-state index contributed by atoms with van der Waals surface area (Å²) in [6.45, 7) is 1.63. The molecule has 2 aliphatic heterocycles. The maximum atomic E-state index is 12.5. The zero-order valence-electron chi connectivity index (χ0n) is 11.2. The van der Waals surface area contributed by atoms with Crippen LogP contribution in [0.25, 0.3) is 0 Å². The largest absolute Gasteiger partial charge is 0.341 e. The molecule has 20 heavy (non-hydrogen) atoms. The Morgan fingerprint density at radius 1 is 1.20 bits per heavy atom. The normalized spacial score (nSPS) is 25.6. The van der Waals surface area contributed by atoms with E-state index in [-0.39, 0.29) is 12.3 Å². The van der Waals surface area contributed by atoms with Gasteiger partial charge in [0, 0.05) is 35.2 Å². The molecule has 0 aliphatic carbocycles. The van der Waals surface area contributed by atoms with E-state index in [9.17, 15) is 4.79 Å². The SMILES string of the molecule is O=C(Cc1c(Cl)cccc1Cl)N1CCC2CCC(C1)N2. The van der Waals surface area contributed by atoms with Crippen LogP contribution in [0.15, 0.2) is 18.2 Å². The van der Waals surface area contributed by atoms with Crippen LogP contribution in [0.1, 0.15) is 24.8 Å². The number of nitrogens with zero attached hydrogens (tertiary/aromatic N) is 1. The monoisotopic (exact) mass is 312 g/mol. The molecule has 2 aliphatic rings. The lowest BCUT2D eigenvalue weighted by Gasteiger charge is -2.24. The van der Waals surface area contributed by atoms with Crippen LogP contribution in [0.3, 0.4) is 0 Å². The minimum atomic E-state index is 0.120. The molecule has 2 heterocycles. The van der Waals surface area contributed by atoms with E-state index < -0.39 is 0 Å². The fraction of sp³-hybridized carbons (Fsp3) is 0.533. The van der Waals surface area contributed by atoms with Crippen LogP contribution in [0.5, 0.6) is 0 Å². The zero-order chi connectivity index (χ0) is 14.1. The molecule has 1 aromatic rings. The van der Waals surface area contributed by atoms with Gasteiger partial charge in [-0.25, -0.2) is 0 Å². The van der Waals surface area contributed by atoms with Gasteiger partial charge in [-0.2, -0.15) is 0 Å². The molecule has 2 fully saturated rings. The summed E-state index contributed by atoms with van der Waals surface area (Å²) < 4.78 is 0.